The molecule has 5 heteroatoms. The maximum absolute atomic E-state index is 13.1. The summed E-state index contributed by atoms with van der Waals surface area (Å²) in [6.45, 7) is 7.83. The first kappa shape index (κ1) is 21.4. The van der Waals surface area contributed by atoms with E-state index in [-0.39, 0.29) is 13.2 Å². The molecule has 0 amide bonds. The lowest BCUT2D eigenvalue weighted by Crippen LogP contribution is -2.35. The zero-order valence-electron chi connectivity index (χ0n) is 17.8. The smallest absolute Gasteiger partial charge is 0.336 e. The number of rotatable bonds is 6. The van der Waals surface area contributed by atoms with Crippen molar-refractivity contribution in [1.82, 2.24) is 0 Å². The Bertz CT molecular complexity index is 935. The Labute approximate surface area is 177 Å². The van der Waals surface area contributed by atoms with Crippen LogP contribution in [0, 0.1) is 0 Å². The Morgan fingerprint density at radius 3 is 1.63 bits per heavy atom. The fraction of sp³-hybridized carbons (Fsp3) is 0.280. The van der Waals surface area contributed by atoms with Crippen molar-refractivity contribution in [2.24, 2.45) is 0 Å². The SMILES string of the molecule is CCOC(=O)C1=C(C)N(c2ccccc2)C(C)=C(C(=O)OCC)C1c1ccccc1. The predicted octanol–water partition coefficient (Wildman–Crippen LogP) is 4.96. The molecule has 1 aliphatic rings. The molecule has 0 saturated carbocycles. The van der Waals surface area contributed by atoms with Crippen LogP contribution in [-0.4, -0.2) is 25.2 Å². The molecule has 156 valence electrons. The van der Waals surface area contributed by atoms with Gasteiger partial charge >= 0.3 is 11.9 Å². The van der Waals surface area contributed by atoms with E-state index < -0.39 is 17.9 Å². The average Bonchev–Trinajstić information content (AvgIpc) is 2.75. The summed E-state index contributed by atoms with van der Waals surface area (Å²) < 4.78 is 10.8. The van der Waals surface area contributed by atoms with Crippen molar-refractivity contribution in [2.75, 3.05) is 18.1 Å². The third kappa shape index (κ3) is 4.01. The van der Waals surface area contributed by atoms with E-state index in [4.69, 9.17) is 9.47 Å². The highest BCUT2D eigenvalue weighted by atomic mass is 16.5. The summed E-state index contributed by atoms with van der Waals surface area (Å²) in [7, 11) is 0. The number of para-hydroxylation sites is 1. The van der Waals surface area contributed by atoms with Gasteiger partial charge in [-0.2, -0.15) is 0 Å². The second kappa shape index (κ2) is 9.44. The molecule has 0 N–H and O–H groups in total. The van der Waals surface area contributed by atoms with Crippen LogP contribution in [0.4, 0.5) is 5.69 Å². The van der Waals surface area contributed by atoms with Gasteiger partial charge in [0.2, 0.25) is 0 Å². The van der Waals surface area contributed by atoms with E-state index in [0.29, 0.717) is 11.1 Å². The largest absolute Gasteiger partial charge is 0.463 e. The summed E-state index contributed by atoms with van der Waals surface area (Å²) in [6.07, 6.45) is 0. The van der Waals surface area contributed by atoms with E-state index in [1.54, 1.807) is 13.8 Å². The van der Waals surface area contributed by atoms with E-state index in [2.05, 4.69) is 0 Å². The van der Waals surface area contributed by atoms with E-state index in [1.165, 1.54) is 0 Å². The standard InChI is InChI=1S/C25H27NO4/c1-5-29-24(27)21-17(3)26(20-15-11-8-12-16-20)18(4)22(25(28)30-6-2)23(21)19-13-9-7-10-14-19/h7-16,23H,5-6H2,1-4H3. The fourth-order valence-electron chi connectivity index (χ4n) is 3.95. The third-order valence-electron chi connectivity index (χ3n) is 5.17. The van der Waals surface area contributed by atoms with E-state index >= 15 is 0 Å². The first-order valence-electron chi connectivity index (χ1n) is 10.2. The highest BCUT2D eigenvalue weighted by Gasteiger charge is 2.40. The summed E-state index contributed by atoms with van der Waals surface area (Å²) in [5.74, 6) is -1.43. The Balaban J connectivity index is 2.30. The van der Waals surface area contributed by atoms with E-state index in [9.17, 15) is 9.59 Å². The molecule has 1 aliphatic heterocycles. The lowest BCUT2D eigenvalue weighted by molar-refractivity contribution is -0.139. The Hall–Kier alpha value is -3.34. The Kier molecular flexibility index (Phi) is 6.72. The van der Waals surface area contributed by atoms with Crippen LogP contribution in [-0.2, 0) is 19.1 Å². The van der Waals surface area contributed by atoms with Crippen LogP contribution in [0.15, 0.2) is 83.2 Å². The topological polar surface area (TPSA) is 55.8 Å². The molecule has 0 unspecified atom stereocenters. The number of allylic oxidation sites excluding steroid dienone is 2. The summed E-state index contributed by atoms with van der Waals surface area (Å²) in [6, 6.07) is 19.2. The van der Waals surface area contributed by atoms with Crippen molar-refractivity contribution in [1.29, 1.82) is 0 Å². The second-order valence-corrected chi connectivity index (χ2v) is 6.95. The van der Waals surface area contributed by atoms with Crippen molar-refractivity contribution < 1.29 is 19.1 Å². The first-order chi connectivity index (χ1) is 14.5. The molecule has 0 fully saturated rings. The summed E-state index contributed by atoms with van der Waals surface area (Å²) in [4.78, 5) is 28.2. The minimum atomic E-state index is -0.565. The average molecular weight is 405 g/mol. The molecule has 0 spiro atoms. The molecule has 1 heterocycles. The lowest BCUT2D eigenvalue weighted by Gasteiger charge is -2.38. The van der Waals surface area contributed by atoms with Crippen molar-refractivity contribution in [3.8, 4) is 0 Å². The number of carbonyl (C=O) groups excluding carboxylic acids is 2. The number of carbonyl (C=O) groups is 2. The van der Waals surface area contributed by atoms with Gasteiger partial charge in [0, 0.05) is 17.1 Å². The highest BCUT2D eigenvalue weighted by molar-refractivity contribution is 6.01. The monoisotopic (exact) mass is 405 g/mol. The van der Waals surface area contributed by atoms with Crippen molar-refractivity contribution in [3.63, 3.8) is 0 Å². The van der Waals surface area contributed by atoms with Crippen molar-refractivity contribution in [2.45, 2.75) is 33.6 Å². The second-order valence-electron chi connectivity index (χ2n) is 6.95. The fourth-order valence-corrected chi connectivity index (χ4v) is 3.95. The van der Waals surface area contributed by atoms with Gasteiger partial charge in [0.1, 0.15) is 0 Å². The molecule has 0 saturated heterocycles. The predicted molar refractivity (Wildman–Crippen MR) is 117 cm³/mol. The maximum atomic E-state index is 13.1. The van der Waals surface area contributed by atoms with Gasteiger partial charge in [-0.25, -0.2) is 9.59 Å². The van der Waals surface area contributed by atoms with Crippen LogP contribution in [0.25, 0.3) is 0 Å². The number of esters is 2. The van der Waals surface area contributed by atoms with E-state index in [0.717, 1.165) is 22.6 Å². The number of hydrogen-bond donors (Lipinski definition) is 0. The minimum absolute atomic E-state index is 0.250. The molecule has 5 nitrogen and oxygen atoms in total. The molecule has 0 aromatic heterocycles. The number of benzene rings is 2. The normalized spacial score (nSPS) is 14.7. The van der Waals surface area contributed by atoms with Crippen LogP contribution in [0.2, 0.25) is 0 Å². The van der Waals surface area contributed by atoms with Crippen LogP contribution in [0.5, 0.6) is 0 Å². The van der Waals surface area contributed by atoms with Crippen LogP contribution in [0.1, 0.15) is 39.2 Å². The van der Waals surface area contributed by atoms with Crippen molar-refractivity contribution in [3.05, 3.63) is 88.8 Å². The molecule has 30 heavy (non-hydrogen) atoms. The molecule has 0 atom stereocenters. The van der Waals surface area contributed by atoms with Crippen LogP contribution >= 0.6 is 0 Å². The van der Waals surface area contributed by atoms with Gasteiger partial charge in [-0.1, -0.05) is 48.5 Å². The van der Waals surface area contributed by atoms with Gasteiger partial charge in [0.25, 0.3) is 0 Å². The number of anilines is 1. The summed E-state index contributed by atoms with van der Waals surface area (Å²) in [5.41, 5.74) is 4.07. The zero-order valence-corrected chi connectivity index (χ0v) is 17.8. The number of nitrogens with zero attached hydrogens (tertiary/aromatic N) is 1. The molecule has 0 bridgehead atoms. The molecule has 0 radical (unpaired) electrons. The van der Waals surface area contributed by atoms with Gasteiger partial charge in [-0.05, 0) is 45.4 Å². The Morgan fingerprint density at radius 2 is 1.20 bits per heavy atom. The quantitative estimate of drug-likeness (QED) is 0.636. The van der Waals surface area contributed by atoms with Crippen LogP contribution in [0.3, 0.4) is 0 Å². The van der Waals surface area contributed by atoms with Gasteiger partial charge < -0.3 is 14.4 Å². The number of hydrogen-bond acceptors (Lipinski definition) is 5. The third-order valence-corrected chi connectivity index (χ3v) is 5.17. The molecule has 2 aromatic carbocycles. The highest BCUT2D eigenvalue weighted by Crippen LogP contribution is 2.44. The zero-order chi connectivity index (χ0) is 21.7. The Morgan fingerprint density at radius 1 is 0.767 bits per heavy atom. The van der Waals surface area contributed by atoms with Gasteiger partial charge in [0.15, 0.2) is 0 Å². The number of ether oxygens (including phenoxy) is 2. The molecule has 0 aliphatic carbocycles. The van der Waals surface area contributed by atoms with Crippen LogP contribution < -0.4 is 4.90 Å². The molecular weight excluding hydrogens is 378 g/mol. The molecule has 3 rings (SSSR count). The van der Waals surface area contributed by atoms with E-state index in [1.807, 2.05) is 79.4 Å². The van der Waals surface area contributed by atoms with Crippen molar-refractivity contribution >= 4 is 17.6 Å². The van der Waals surface area contributed by atoms with Gasteiger partial charge in [-0.3, -0.25) is 0 Å². The summed E-state index contributed by atoms with van der Waals surface area (Å²) in [5, 5.41) is 0. The molecule has 2 aromatic rings. The maximum Gasteiger partial charge on any atom is 0.336 e. The minimum Gasteiger partial charge on any atom is -0.463 e. The van der Waals surface area contributed by atoms with Gasteiger partial charge in [0.05, 0.1) is 30.3 Å². The van der Waals surface area contributed by atoms with Gasteiger partial charge in [-0.15, -0.1) is 0 Å². The first-order valence-corrected chi connectivity index (χ1v) is 10.2. The lowest BCUT2D eigenvalue weighted by atomic mass is 9.79. The summed E-state index contributed by atoms with van der Waals surface area (Å²) >= 11 is 0. The molecular formula is C25H27NO4.